The van der Waals surface area contributed by atoms with E-state index in [0.29, 0.717) is 24.2 Å². The summed E-state index contributed by atoms with van der Waals surface area (Å²) >= 11 is 0. The van der Waals surface area contributed by atoms with Crippen LogP contribution < -0.4 is 10.3 Å². The molecule has 0 bridgehead atoms. The molecule has 146 valence electrons. The second-order valence-corrected chi connectivity index (χ2v) is 8.24. The van der Waals surface area contributed by atoms with Crippen LogP contribution in [0.5, 0.6) is 5.75 Å². The number of aromatic nitrogens is 2. The third-order valence-electron chi connectivity index (χ3n) is 4.03. The van der Waals surface area contributed by atoms with Crippen molar-refractivity contribution in [1.29, 1.82) is 0 Å². The molecule has 0 saturated carbocycles. The Morgan fingerprint density at radius 1 is 1.14 bits per heavy atom. The van der Waals surface area contributed by atoms with Crippen molar-refractivity contribution in [3.8, 4) is 22.6 Å². The van der Waals surface area contributed by atoms with Gasteiger partial charge in [0.2, 0.25) is 0 Å². The number of nitrogens with zero attached hydrogens (tertiary/aromatic N) is 2. The molecule has 0 aliphatic rings. The average molecular weight is 402 g/mol. The molecule has 0 N–H and O–H groups in total. The predicted molar refractivity (Wildman–Crippen MR) is 104 cm³/mol. The van der Waals surface area contributed by atoms with Crippen LogP contribution in [0.3, 0.4) is 0 Å². The minimum absolute atomic E-state index is 0.0771. The molecule has 0 aliphatic carbocycles. The molecule has 3 aromatic rings. The highest BCUT2D eigenvalue weighted by atomic mass is 32.2. The molecule has 0 aliphatic heterocycles. The van der Waals surface area contributed by atoms with Crippen molar-refractivity contribution in [1.82, 2.24) is 9.78 Å². The molecule has 1 aromatic heterocycles. The lowest BCUT2D eigenvalue weighted by molar-refractivity contribution is 0.312. The molecule has 2 aromatic carbocycles. The van der Waals surface area contributed by atoms with Gasteiger partial charge in [0.1, 0.15) is 5.82 Å². The number of hydrogen-bond donors (Lipinski definition) is 0. The highest BCUT2D eigenvalue weighted by Crippen LogP contribution is 2.28. The number of hydrogen-bond acceptors (Lipinski definition) is 5. The van der Waals surface area contributed by atoms with Crippen LogP contribution in [0.4, 0.5) is 4.39 Å². The number of ether oxygens (including phenoxy) is 1. The summed E-state index contributed by atoms with van der Waals surface area (Å²) in [5, 5.41) is 4.15. The zero-order valence-electron chi connectivity index (χ0n) is 15.4. The Bertz CT molecular complexity index is 1160. The van der Waals surface area contributed by atoms with E-state index in [4.69, 9.17) is 4.74 Å². The molecule has 8 heteroatoms. The number of rotatable bonds is 6. The molecular weight excluding hydrogens is 383 g/mol. The molecule has 0 saturated heterocycles. The quantitative estimate of drug-likeness (QED) is 0.633. The topological polar surface area (TPSA) is 78.3 Å². The molecule has 0 atom stereocenters. The summed E-state index contributed by atoms with van der Waals surface area (Å²) in [4.78, 5) is 13.1. The molecule has 28 heavy (non-hydrogen) atoms. The summed E-state index contributed by atoms with van der Waals surface area (Å²) in [6.07, 6.45) is 3.26. The normalized spacial score (nSPS) is 11.4. The highest BCUT2D eigenvalue weighted by molar-refractivity contribution is 7.90. The van der Waals surface area contributed by atoms with E-state index < -0.39 is 21.2 Å². The van der Waals surface area contributed by atoms with E-state index >= 15 is 0 Å². The molecule has 1 heterocycles. The predicted octanol–water partition coefficient (Wildman–Crippen LogP) is 3.23. The Morgan fingerprint density at radius 2 is 1.86 bits per heavy atom. The molecule has 3 rings (SSSR count). The lowest BCUT2D eigenvalue weighted by Gasteiger charge is -2.13. The van der Waals surface area contributed by atoms with E-state index in [0.717, 1.165) is 10.9 Å². The molecule has 0 unspecified atom stereocenters. The van der Waals surface area contributed by atoms with Gasteiger partial charge in [0.25, 0.3) is 0 Å². The monoisotopic (exact) mass is 402 g/mol. The van der Waals surface area contributed by atoms with E-state index in [9.17, 15) is 17.6 Å². The molecule has 0 radical (unpaired) electrons. The number of benzene rings is 2. The van der Waals surface area contributed by atoms with Crippen molar-refractivity contribution in [3.05, 3.63) is 70.9 Å². The average Bonchev–Trinajstić information content (AvgIpc) is 2.66. The van der Waals surface area contributed by atoms with Crippen LogP contribution >= 0.6 is 0 Å². The van der Waals surface area contributed by atoms with Gasteiger partial charge in [0.05, 0.1) is 23.4 Å². The Balaban J connectivity index is 2.13. The lowest BCUT2D eigenvalue weighted by atomic mass is 10.1. The van der Waals surface area contributed by atoms with E-state index in [1.807, 2.05) is 6.92 Å². The van der Waals surface area contributed by atoms with Crippen LogP contribution in [-0.2, 0) is 9.84 Å². The first-order valence-electron chi connectivity index (χ1n) is 8.63. The largest absolute Gasteiger partial charge is 0.487 e. The van der Waals surface area contributed by atoms with Crippen LogP contribution in [-0.4, -0.2) is 31.1 Å². The summed E-state index contributed by atoms with van der Waals surface area (Å²) in [7, 11) is -3.33. The zero-order valence-corrected chi connectivity index (χ0v) is 16.2. The molecular formula is C20H19FN2O4S. The van der Waals surface area contributed by atoms with E-state index in [1.165, 1.54) is 36.5 Å². The molecule has 6 nitrogen and oxygen atoms in total. The SMILES string of the molecule is CCCOc1c(-c2ccc(S(C)(=O)=O)cc2)cnn(-c2cccc(F)c2)c1=O. The third kappa shape index (κ3) is 4.12. The Morgan fingerprint density at radius 3 is 2.46 bits per heavy atom. The van der Waals surface area contributed by atoms with Crippen LogP contribution in [0.15, 0.2) is 64.4 Å². The molecule has 0 amide bonds. The van der Waals surface area contributed by atoms with Gasteiger partial charge in [-0.2, -0.15) is 9.78 Å². The van der Waals surface area contributed by atoms with Gasteiger partial charge >= 0.3 is 5.56 Å². The van der Waals surface area contributed by atoms with Crippen molar-refractivity contribution in [2.75, 3.05) is 12.9 Å². The van der Waals surface area contributed by atoms with Gasteiger partial charge in [-0.05, 0) is 42.3 Å². The number of halogens is 1. The van der Waals surface area contributed by atoms with Gasteiger partial charge in [0.15, 0.2) is 15.6 Å². The summed E-state index contributed by atoms with van der Waals surface area (Å²) < 4.78 is 43.6. The fraction of sp³-hybridized carbons (Fsp3) is 0.200. The van der Waals surface area contributed by atoms with Gasteiger partial charge in [-0.3, -0.25) is 4.79 Å². The van der Waals surface area contributed by atoms with Gasteiger partial charge in [-0.15, -0.1) is 0 Å². The van der Waals surface area contributed by atoms with E-state index in [-0.39, 0.29) is 16.3 Å². The maximum atomic E-state index is 13.5. The van der Waals surface area contributed by atoms with Crippen LogP contribution in [0.2, 0.25) is 0 Å². The first kappa shape index (κ1) is 19.8. The zero-order chi connectivity index (χ0) is 20.3. The standard InChI is InChI=1S/C20H19FN2O4S/c1-3-11-27-19-18(14-7-9-17(10-8-14)28(2,25)26)13-22-23(20(19)24)16-6-4-5-15(21)12-16/h4-10,12-13H,3,11H2,1-2H3. The van der Waals surface area contributed by atoms with Crippen molar-refractivity contribution < 1.29 is 17.5 Å². The Kier molecular flexibility index (Phi) is 5.60. The Hall–Kier alpha value is -3.00. The van der Waals surface area contributed by atoms with Gasteiger partial charge in [-0.25, -0.2) is 12.8 Å². The maximum absolute atomic E-state index is 13.5. The fourth-order valence-corrected chi connectivity index (χ4v) is 3.29. The minimum atomic E-state index is -3.33. The van der Waals surface area contributed by atoms with Crippen molar-refractivity contribution in [2.24, 2.45) is 0 Å². The molecule has 0 spiro atoms. The van der Waals surface area contributed by atoms with Crippen molar-refractivity contribution >= 4 is 9.84 Å². The van der Waals surface area contributed by atoms with Gasteiger partial charge < -0.3 is 4.74 Å². The van der Waals surface area contributed by atoms with E-state index in [2.05, 4.69) is 5.10 Å². The van der Waals surface area contributed by atoms with Gasteiger partial charge in [0, 0.05) is 11.8 Å². The van der Waals surface area contributed by atoms with Crippen LogP contribution in [0.1, 0.15) is 13.3 Å². The van der Waals surface area contributed by atoms with Crippen molar-refractivity contribution in [2.45, 2.75) is 18.2 Å². The number of sulfone groups is 1. The smallest absolute Gasteiger partial charge is 0.314 e. The maximum Gasteiger partial charge on any atom is 0.314 e. The lowest BCUT2D eigenvalue weighted by Crippen LogP contribution is -2.24. The summed E-state index contributed by atoms with van der Waals surface area (Å²) in [6.45, 7) is 2.23. The molecule has 0 fully saturated rings. The van der Waals surface area contributed by atoms with Gasteiger partial charge in [-0.1, -0.05) is 25.1 Å². The summed E-state index contributed by atoms with van der Waals surface area (Å²) in [5.74, 6) is -0.407. The summed E-state index contributed by atoms with van der Waals surface area (Å²) in [6, 6.07) is 11.7. The Labute approximate surface area is 162 Å². The third-order valence-corrected chi connectivity index (χ3v) is 5.16. The highest BCUT2D eigenvalue weighted by Gasteiger charge is 2.17. The van der Waals surface area contributed by atoms with Crippen molar-refractivity contribution in [3.63, 3.8) is 0 Å². The minimum Gasteiger partial charge on any atom is -0.487 e. The fourth-order valence-electron chi connectivity index (χ4n) is 2.66. The summed E-state index contributed by atoms with van der Waals surface area (Å²) in [5.41, 5.74) is 0.787. The first-order valence-corrected chi connectivity index (χ1v) is 10.5. The van der Waals surface area contributed by atoms with Crippen LogP contribution in [0.25, 0.3) is 16.8 Å². The second-order valence-electron chi connectivity index (χ2n) is 6.23. The first-order chi connectivity index (χ1) is 13.3. The second kappa shape index (κ2) is 7.93. The van der Waals surface area contributed by atoms with E-state index in [1.54, 1.807) is 18.2 Å². The van der Waals surface area contributed by atoms with Crippen LogP contribution in [0, 0.1) is 5.82 Å².